The van der Waals surface area contributed by atoms with Crippen LogP contribution in [0.1, 0.15) is 31.2 Å². The van der Waals surface area contributed by atoms with Crippen LogP contribution in [-0.2, 0) is 11.3 Å². The number of carbonyl (C=O) groups excluding carboxylic acids is 1. The second-order valence-electron chi connectivity index (χ2n) is 5.18. The van der Waals surface area contributed by atoms with Crippen LogP contribution in [0.3, 0.4) is 0 Å². The van der Waals surface area contributed by atoms with Crippen LogP contribution in [0, 0.1) is 0 Å². The molecule has 0 radical (unpaired) electrons. The number of methoxy groups -OCH3 is 1. The van der Waals surface area contributed by atoms with E-state index in [4.69, 9.17) is 4.74 Å². The zero-order valence-electron chi connectivity index (χ0n) is 12.6. The molecule has 0 aliphatic carbocycles. The minimum Gasteiger partial charge on any atom is -0.496 e. The van der Waals surface area contributed by atoms with Gasteiger partial charge in [0.1, 0.15) is 5.75 Å². The van der Waals surface area contributed by atoms with Crippen molar-refractivity contribution < 1.29 is 9.53 Å². The van der Waals surface area contributed by atoms with Gasteiger partial charge in [0.15, 0.2) is 0 Å². The van der Waals surface area contributed by atoms with E-state index in [9.17, 15) is 4.79 Å². The normalized spacial score (nSPS) is 15.3. The Labute approximate surface area is 133 Å². The van der Waals surface area contributed by atoms with E-state index in [2.05, 4.69) is 11.4 Å². The summed E-state index contributed by atoms with van der Waals surface area (Å²) in [6, 6.07) is 8.01. The van der Waals surface area contributed by atoms with Crippen LogP contribution in [0.5, 0.6) is 5.75 Å². The van der Waals surface area contributed by atoms with Crippen LogP contribution in [0.25, 0.3) is 0 Å². The molecule has 1 aliphatic heterocycles. The van der Waals surface area contributed by atoms with Crippen LogP contribution in [0.15, 0.2) is 24.3 Å². The summed E-state index contributed by atoms with van der Waals surface area (Å²) < 4.78 is 5.32. The molecule has 21 heavy (non-hydrogen) atoms. The lowest BCUT2D eigenvalue weighted by atomic mass is 10.2. The highest BCUT2D eigenvalue weighted by Gasteiger charge is 2.15. The van der Waals surface area contributed by atoms with Crippen LogP contribution in [0.4, 0.5) is 0 Å². The SMILES string of the molecule is COc1ccccc1CNCCN1CCCCCC1=O.Cl. The molecule has 2 rings (SSSR count). The van der Waals surface area contributed by atoms with E-state index >= 15 is 0 Å². The van der Waals surface area contributed by atoms with Gasteiger partial charge in [0.05, 0.1) is 7.11 Å². The van der Waals surface area contributed by atoms with Gasteiger partial charge in [-0.2, -0.15) is 0 Å². The van der Waals surface area contributed by atoms with Crippen LogP contribution in [0.2, 0.25) is 0 Å². The second-order valence-corrected chi connectivity index (χ2v) is 5.18. The van der Waals surface area contributed by atoms with Gasteiger partial charge in [0.25, 0.3) is 0 Å². The number of para-hydroxylation sites is 1. The summed E-state index contributed by atoms with van der Waals surface area (Å²) >= 11 is 0. The quantitative estimate of drug-likeness (QED) is 0.821. The van der Waals surface area contributed by atoms with Crippen molar-refractivity contribution in [2.75, 3.05) is 26.7 Å². The Morgan fingerprint density at radius 2 is 2.05 bits per heavy atom. The number of ether oxygens (including phenoxy) is 1. The highest BCUT2D eigenvalue weighted by atomic mass is 35.5. The number of benzene rings is 1. The second kappa shape index (κ2) is 9.64. The first-order chi connectivity index (χ1) is 9.81. The maximum absolute atomic E-state index is 11.9. The van der Waals surface area contributed by atoms with Gasteiger partial charge in [-0.25, -0.2) is 0 Å². The van der Waals surface area contributed by atoms with E-state index in [0.717, 1.165) is 50.3 Å². The van der Waals surface area contributed by atoms with Gasteiger partial charge in [-0.05, 0) is 18.9 Å². The molecule has 1 amide bonds. The first-order valence-electron chi connectivity index (χ1n) is 7.41. The molecule has 1 heterocycles. The van der Waals surface area contributed by atoms with Crippen molar-refractivity contribution in [2.45, 2.75) is 32.2 Å². The Balaban J connectivity index is 0.00000220. The number of nitrogens with one attached hydrogen (secondary N) is 1. The maximum atomic E-state index is 11.9. The first kappa shape index (κ1) is 17.8. The van der Waals surface area contributed by atoms with Crippen molar-refractivity contribution in [1.29, 1.82) is 0 Å². The molecular weight excluding hydrogens is 288 g/mol. The average molecular weight is 313 g/mol. The number of hydrogen-bond acceptors (Lipinski definition) is 3. The summed E-state index contributed by atoms with van der Waals surface area (Å²) in [5.41, 5.74) is 1.15. The summed E-state index contributed by atoms with van der Waals surface area (Å²) in [5.74, 6) is 1.22. The smallest absolute Gasteiger partial charge is 0.222 e. The van der Waals surface area contributed by atoms with Crippen LogP contribution < -0.4 is 10.1 Å². The Morgan fingerprint density at radius 1 is 1.24 bits per heavy atom. The third-order valence-corrected chi connectivity index (χ3v) is 3.74. The molecule has 1 N–H and O–H groups in total. The molecule has 1 aromatic rings. The summed E-state index contributed by atoms with van der Waals surface area (Å²) in [5, 5.41) is 3.39. The molecule has 5 heteroatoms. The minimum atomic E-state index is 0. The molecule has 0 aromatic heterocycles. The van der Waals surface area contributed by atoms with Gasteiger partial charge >= 0.3 is 0 Å². The lowest BCUT2D eigenvalue weighted by Crippen LogP contribution is -2.36. The predicted molar refractivity (Wildman–Crippen MR) is 87.0 cm³/mol. The summed E-state index contributed by atoms with van der Waals surface area (Å²) in [4.78, 5) is 13.8. The van der Waals surface area contributed by atoms with E-state index in [1.165, 1.54) is 6.42 Å². The van der Waals surface area contributed by atoms with Gasteiger partial charge in [0.2, 0.25) is 5.91 Å². The van der Waals surface area contributed by atoms with Crippen molar-refractivity contribution >= 4 is 18.3 Å². The molecule has 1 aliphatic rings. The molecule has 0 unspecified atom stereocenters. The third-order valence-electron chi connectivity index (χ3n) is 3.74. The number of halogens is 1. The van der Waals surface area contributed by atoms with Gasteiger partial charge in [0, 0.05) is 38.2 Å². The molecular formula is C16H25ClN2O2. The van der Waals surface area contributed by atoms with Gasteiger partial charge in [-0.1, -0.05) is 24.6 Å². The Kier molecular flexibility index (Phi) is 8.16. The van der Waals surface area contributed by atoms with Crippen molar-refractivity contribution in [2.24, 2.45) is 0 Å². The van der Waals surface area contributed by atoms with Crippen LogP contribution in [-0.4, -0.2) is 37.6 Å². The lowest BCUT2D eigenvalue weighted by Gasteiger charge is -2.20. The standard InChI is InChI=1S/C16H24N2O2.ClH/c1-20-15-8-5-4-7-14(15)13-17-10-12-18-11-6-2-3-9-16(18)19;/h4-5,7-8,17H,2-3,6,9-13H2,1H3;1H. The molecule has 0 bridgehead atoms. The van der Waals surface area contributed by atoms with E-state index in [0.29, 0.717) is 12.3 Å². The van der Waals surface area contributed by atoms with E-state index < -0.39 is 0 Å². The maximum Gasteiger partial charge on any atom is 0.222 e. The zero-order chi connectivity index (χ0) is 14.2. The number of amides is 1. The number of hydrogen-bond donors (Lipinski definition) is 1. The summed E-state index contributed by atoms with van der Waals surface area (Å²) in [6.45, 7) is 3.30. The average Bonchev–Trinajstić information content (AvgIpc) is 2.69. The molecule has 0 saturated carbocycles. The van der Waals surface area contributed by atoms with Crippen LogP contribution >= 0.6 is 12.4 Å². The summed E-state index contributed by atoms with van der Waals surface area (Å²) in [7, 11) is 1.69. The highest BCUT2D eigenvalue weighted by Crippen LogP contribution is 2.16. The molecule has 1 fully saturated rings. The fourth-order valence-electron chi connectivity index (χ4n) is 2.56. The lowest BCUT2D eigenvalue weighted by molar-refractivity contribution is -0.130. The molecule has 0 atom stereocenters. The topological polar surface area (TPSA) is 41.6 Å². The third kappa shape index (κ3) is 5.56. The first-order valence-corrected chi connectivity index (χ1v) is 7.41. The van der Waals surface area contributed by atoms with E-state index in [-0.39, 0.29) is 12.4 Å². The fraction of sp³-hybridized carbons (Fsp3) is 0.562. The molecule has 4 nitrogen and oxygen atoms in total. The molecule has 118 valence electrons. The Hall–Kier alpha value is -1.26. The largest absolute Gasteiger partial charge is 0.496 e. The van der Waals surface area contributed by atoms with E-state index in [1.807, 2.05) is 23.1 Å². The summed E-state index contributed by atoms with van der Waals surface area (Å²) in [6.07, 6.45) is 4.08. The number of nitrogens with zero attached hydrogens (tertiary/aromatic N) is 1. The molecule has 1 saturated heterocycles. The zero-order valence-corrected chi connectivity index (χ0v) is 13.5. The van der Waals surface area contributed by atoms with Gasteiger partial charge in [-0.3, -0.25) is 4.79 Å². The Bertz CT molecular complexity index is 440. The van der Waals surface area contributed by atoms with Gasteiger partial charge < -0.3 is 15.0 Å². The monoisotopic (exact) mass is 312 g/mol. The number of rotatable bonds is 6. The van der Waals surface area contributed by atoms with Crippen molar-refractivity contribution in [3.05, 3.63) is 29.8 Å². The van der Waals surface area contributed by atoms with Crippen molar-refractivity contribution in [3.8, 4) is 5.75 Å². The predicted octanol–water partition coefficient (Wildman–Crippen LogP) is 2.61. The van der Waals surface area contributed by atoms with Crippen molar-refractivity contribution in [3.63, 3.8) is 0 Å². The fourth-order valence-corrected chi connectivity index (χ4v) is 2.56. The Morgan fingerprint density at radius 3 is 2.86 bits per heavy atom. The highest BCUT2D eigenvalue weighted by molar-refractivity contribution is 5.85. The number of carbonyl (C=O) groups is 1. The van der Waals surface area contributed by atoms with Crippen molar-refractivity contribution in [1.82, 2.24) is 10.2 Å². The minimum absolute atomic E-state index is 0. The molecule has 1 aromatic carbocycles. The number of likely N-dealkylation sites (tertiary alicyclic amines) is 1. The molecule has 0 spiro atoms. The van der Waals surface area contributed by atoms with Gasteiger partial charge in [-0.15, -0.1) is 12.4 Å². The van der Waals surface area contributed by atoms with E-state index in [1.54, 1.807) is 7.11 Å².